The Balaban J connectivity index is 2.02. The van der Waals surface area contributed by atoms with Crippen molar-refractivity contribution in [1.82, 2.24) is 4.90 Å². The van der Waals surface area contributed by atoms with Crippen molar-refractivity contribution in [3.63, 3.8) is 0 Å². The van der Waals surface area contributed by atoms with Crippen molar-refractivity contribution in [3.8, 4) is 0 Å². The molecular weight excluding hydrogens is 264 g/mol. The summed E-state index contributed by atoms with van der Waals surface area (Å²) in [6.45, 7) is 4.84. The molecule has 1 aliphatic rings. The van der Waals surface area contributed by atoms with Crippen LogP contribution in [-0.2, 0) is 16.0 Å². The van der Waals surface area contributed by atoms with Crippen LogP contribution in [0, 0.1) is 0 Å². The predicted molar refractivity (Wildman–Crippen MR) is 84.3 cm³/mol. The molecule has 114 valence electrons. The van der Waals surface area contributed by atoms with Gasteiger partial charge in [-0.15, -0.1) is 0 Å². The van der Waals surface area contributed by atoms with Gasteiger partial charge in [0.15, 0.2) is 0 Å². The average Bonchev–Trinajstić information content (AvgIpc) is 2.80. The molecule has 1 heterocycles. The summed E-state index contributed by atoms with van der Waals surface area (Å²) in [5.41, 5.74) is 2.14. The molecule has 0 spiro atoms. The van der Waals surface area contributed by atoms with E-state index in [0.717, 1.165) is 31.5 Å². The lowest BCUT2D eigenvalue weighted by atomic mass is 10.1. The Morgan fingerprint density at radius 3 is 2.76 bits per heavy atom. The van der Waals surface area contributed by atoms with E-state index in [2.05, 4.69) is 6.92 Å². The highest BCUT2D eigenvalue weighted by Crippen LogP contribution is 2.32. The predicted octanol–water partition coefficient (Wildman–Crippen LogP) is 2.61. The third kappa shape index (κ3) is 3.43. The van der Waals surface area contributed by atoms with Crippen LogP contribution >= 0.6 is 0 Å². The van der Waals surface area contributed by atoms with E-state index in [1.54, 1.807) is 16.8 Å². The average molecular weight is 288 g/mol. The standard InChI is InChI=1S/C17H24N2O2/c1-4-5-10-18(3)16(20)12-17(21)19-13(2)11-14-8-6-7-9-15(14)19/h6-9,13H,4-5,10-12H2,1-3H3. The minimum atomic E-state index is -0.0965. The number of carbonyl (C=O) groups excluding carboxylic acids is 2. The van der Waals surface area contributed by atoms with Crippen molar-refractivity contribution < 1.29 is 9.59 Å². The van der Waals surface area contributed by atoms with E-state index in [1.165, 1.54) is 5.56 Å². The van der Waals surface area contributed by atoms with E-state index in [4.69, 9.17) is 0 Å². The van der Waals surface area contributed by atoms with Gasteiger partial charge in [-0.25, -0.2) is 0 Å². The SMILES string of the molecule is CCCCN(C)C(=O)CC(=O)N1c2ccccc2CC1C. The topological polar surface area (TPSA) is 40.6 Å². The van der Waals surface area contributed by atoms with Crippen LogP contribution in [0.2, 0.25) is 0 Å². The van der Waals surface area contributed by atoms with E-state index in [0.29, 0.717) is 0 Å². The van der Waals surface area contributed by atoms with Crippen LogP contribution in [0.15, 0.2) is 24.3 Å². The monoisotopic (exact) mass is 288 g/mol. The molecule has 0 aromatic heterocycles. The van der Waals surface area contributed by atoms with Crippen molar-refractivity contribution >= 4 is 17.5 Å². The van der Waals surface area contributed by atoms with Crippen molar-refractivity contribution in [3.05, 3.63) is 29.8 Å². The molecule has 1 atom stereocenters. The fourth-order valence-corrected chi connectivity index (χ4v) is 2.82. The Kier molecular flexibility index (Phi) is 4.99. The van der Waals surface area contributed by atoms with Crippen LogP contribution in [0.1, 0.15) is 38.7 Å². The Hall–Kier alpha value is -1.84. The summed E-state index contributed by atoms with van der Waals surface area (Å²) in [6.07, 6.45) is 2.84. The molecule has 0 radical (unpaired) electrons. The minimum Gasteiger partial charge on any atom is -0.345 e. The van der Waals surface area contributed by atoms with Gasteiger partial charge in [0, 0.05) is 25.3 Å². The van der Waals surface area contributed by atoms with Gasteiger partial charge in [-0.05, 0) is 31.4 Å². The zero-order valence-electron chi connectivity index (χ0n) is 13.1. The van der Waals surface area contributed by atoms with Crippen LogP contribution in [0.25, 0.3) is 0 Å². The van der Waals surface area contributed by atoms with Crippen LogP contribution in [0.3, 0.4) is 0 Å². The molecule has 0 bridgehead atoms. The number of anilines is 1. The summed E-state index contributed by atoms with van der Waals surface area (Å²) in [7, 11) is 1.77. The third-order valence-electron chi connectivity index (χ3n) is 4.05. The normalized spacial score (nSPS) is 16.7. The first kappa shape index (κ1) is 15.5. The Bertz CT molecular complexity index is 527. The van der Waals surface area contributed by atoms with Gasteiger partial charge in [-0.1, -0.05) is 31.5 Å². The lowest BCUT2D eigenvalue weighted by Gasteiger charge is -2.24. The van der Waals surface area contributed by atoms with Crippen LogP contribution in [0.5, 0.6) is 0 Å². The van der Waals surface area contributed by atoms with Crippen LogP contribution < -0.4 is 4.90 Å². The molecule has 0 saturated heterocycles. The van der Waals surface area contributed by atoms with Crippen molar-refractivity contribution in [2.45, 2.75) is 45.6 Å². The number of amides is 2. The second kappa shape index (κ2) is 6.74. The molecule has 2 amide bonds. The van der Waals surface area contributed by atoms with Gasteiger partial charge in [0.2, 0.25) is 11.8 Å². The molecule has 1 aliphatic heterocycles. The number of carbonyl (C=O) groups is 2. The second-order valence-corrected chi connectivity index (χ2v) is 5.79. The van der Waals surface area contributed by atoms with Crippen molar-refractivity contribution in [1.29, 1.82) is 0 Å². The lowest BCUT2D eigenvalue weighted by Crippen LogP contribution is -2.39. The van der Waals surface area contributed by atoms with Crippen LogP contribution in [-0.4, -0.2) is 36.3 Å². The van der Waals surface area contributed by atoms with Crippen molar-refractivity contribution in [2.24, 2.45) is 0 Å². The fraction of sp³-hybridized carbons (Fsp3) is 0.529. The summed E-state index contributed by atoms with van der Waals surface area (Å²) in [6, 6.07) is 8.06. The maximum Gasteiger partial charge on any atom is 0.236 e. The van der Waals surface area contributed by atoms with Gasteiger partial charge in [0.25, 0.3) is 0 Å². The molecule has 21 heavy (non-hydrogen) atoms. The number of fused-ring (bicyclic) bond motifs is 1. The number of hydrogen-bond donors (Lipinski definition) is 0. The zero-order valence-corrected chi connectivity index (χ0v) is 13.1. The smallest absolute Gasteiger partial charge is 0.236 e. The highest BCUT2D eigenvalue weighted by Gasteiger charge is 2.31. The minimum absolute atomic E-state index is 0.0428. The Morgan fingerprint density at radius 2 is 2.05 bits per heavy atom. The lowest BCUT2D eigenvalue weighted by molar-refractivity contribution is -0.134. The zero-order chi connectivity index (χ0) is 15.4. The van der Waals surface area contributed by atoms with E-state index in [1.807, 2.05) is 31.2 Å². The molecule has 0 aliphatic carbocycles. The summed E-state index contributed by atoms with van der Waals surface area (Å²) in [4.78, 5) is 28.0. The van der Waals surface area contributed by atoms with Gasteiger partial charge < -0.3 is 9.80 Å². The number of rotatable bonds is 5. The number of benzene rings is 1. The Labute approximate surface area is 126 Å². The maximum atomic E-state index is 12.5. The summed E-state index contributed by atoms with van der Waals surface area (Å²) >= 11 is 0. The molecule has 2 rings (SSSR count). The molecule has 1 unspecified atom stereocenters. The van der Waals surface area contributed by atoms with E-state index >= 15 is 0 Å². The number of para-hydroxylation sites is 1. The van der Waals surface area contributed by atoms with Gasteiger partial charge in [-0.2, -0.15) is 0 Å². The highest BCUT2D eigenvalue weighted by atomic mass is 16.2. The first-order valence-corrected chi connectivity index (χ1v) is 7.68. The largest absolute Gasteiger partial charge is 0.345 e. The first-order chi connectivity index (χ1) is 10.0. The molecule has 0 saturated carbocycles. The van der Waals surface area contributed by atoms with Gasteiger partial charge >= 0.3 is 0 Å². The molecule has 1 aromatic carbocycles. The molecular formula is C17H24N2O2. The summed E-state index contributed by atoms with van der Waals surface area (Å²) in [5, 5.41) is 0. The molecule has 4 heteroatoms. The number of nitrogens with zero attached hydrogens (tertiary/aromatic N) is 2. The second-order valence-electron chi connectivity index (χ2n) is 5.79. The molecule has 1 aromatic rings. The van der Waals surface area contributed by atoms with Gasteiger partial charge in [0.05, 0.1) is 0 Å². The quantitative estimate of drug-likeness (QED) is 0.781. The van der Waals surface area contributed by atoms with E-state index in [-0.39, 0.29) is 24.3 Å². The maximum absolute atomic E-state index is 12.5. The summed E-state index contributed by atoms with van der Waals surface area (Å²) < 4.78 is 0. The first-order valence-electron chi connectivity index (χ1n) is 7.68. The molecule has 4 nitrogen and oxygen atoms in total. The fourth-order valence-electron chi connectivity index (χ4n) is 2.82. The van der Waals surface area contributed by atoms with E-state index < -0.39 is 0 Å². The third-order valence-corrected chi connectivity index (χ3v) is 4.05. The highest BCUT2D eigenvalue weighted by molar-refractivity contribution is 6.06. The molecule has 0 fully saturated rings. The van der Waals surface area contributed by atoms with Crippen molar-refractivity contribution in [2.75, 3.05) is 18.5 Å². The molecule has 0 N–H and O–H groups in total. The van der Waals surface area contributed by atoms with Gasteiger partial charge in [-0.3, -0.25) is 9.59 Å². The number of unbranched alkanes of at least 4 members (excludes halogenated alkanes) is 1. The van der Waals surface area contributed by atoms with Crippen LogP contribution in [0.4, 0.5) is 5.69 Å². The van der Waals surface area contributed by atoms with Gasteiger partial charge in [0.1, 0.15) is 6.42 Å². The Morgan fingerprint density at radius 1 is 1.33 bits per heavy atom. The van der Waals surface area contributed by atoms with E-state index in [9.17, 15) is 9.59 Å². The summed E-state index contributed by atoms with van der Waals surface area (Å²) in [5.74, 6) is -0.189. The number of hydrogen-bond acceptors (Lipinski definition) is 2.